The minimum Gasteiger partial charge on any atom is -0.324 e. The van der Waals surface area contributed by atoms with Crippen molar-refractivity contribution >= 4 is 35.1 Å². The van der Waals surface area contributed by atoms with Crippen molar-refractivity contribution in [3.63, 3.8) is 0 Å². The number of nitrogens with zero attached hydrogens (tertiary/aromatic N) is 1. The number of imide groups is 1. The van der Waals surface area contributed by atoms with E-state index >= 15 is 0 Å². The van der Waals surface area contributed by atoms with Gasteiger partial charge >= 0.3 is 12.2 Å². The van der Waals surface area contributed by atoms with Crippen LogP contribution in [0.3, 0.4) is 0 Å². The number of anilines is 1. The molecule has 1 fully saturated rings. The number of carbonyl (C=O) groups excluding carboxylic acids is 3. The molecule has 29 heavy (non-hydrogen) atoms. The van der Waals surface area contributed by atoms with Gasteiger partial charge in [-0.3, -0.25) is 14.5 Å². The van der Waals surface area contributed by atoms with Crippen LogP contribution in [0.1, 0.15) is 51.5 Å². The van der Waals surface area contributed by atoms with Crippen LogP contribution in [0.4, 0.5) is 23.7 Å². The van der Waals surface area contributed by atoms with E-state index in [1.54, 1.807) is 6.92 Å². The molecule has 0 unspecified atom stereocenters. The van der Waals surface area contributed by atoms with Gasteiger partial charge in [0.05, 0.1) is 11.3 Å². The van der Waals surface area contributed by atoms with Crippen LogP contribution >= 0.6 is 11.6 Å². The fraction of sp³-hybridized carbons (Fsp3) is 0.526. The number of benzene rings is 1. The second-order valence-corrected chi connectivity index (χ2v) is 7.64. The van der Waals surface area contributed by atoms with Gasteiger partial charge in [-0.25, -0.2) is 4.79 Å². The summed E-state index contributed by atoms with van der Waals surface area (Å²) >= 11 is 5.61. The summed E-state index contributed by atoms with van der Waals surface area (Å²) in [5, 5.41) is 4.55. The van der Waals surface area contributed by atoms with E-state index in [0.717, 1.165) is 36.6 Å². The highest BCUT2D eigenvalue weighted by Crippen LogP contribution is 2.36. The van der Waals surface area contributed by atoms with Gasteiger partial charge in [0, 0.05) is 5.02 Å². The number of rotatable bonds is 8. The molecule has 4 amide bonds. The molecule has 0 radical (unpaired) electrons. The van der Waals surface area contributed by atoms with E-state index in [2.05, 4.69) is 17.6 Å². The summed E-state index contributed by atoms with van der Waals surface area (Å²) in [5.74, 6) is -1.49. The lowest BCUT2D eigenvalue weighted by Crippen LogP contribution is -2.44. The summed E-state index contributed by atoms with van der Waals surface area (Å²) in [6.07, 6.45) is -0.639. The molecule has 0 aromatic heterocycles. The van der Waals surface area contributed by atoms with Crippen LogP contribution in [0.5, 0.6) is 0 Å². The van der Waals surface area contributed by atoms with Crippen LogP contribution in [0.2, 0.25) is 5.02 Å². The van der Waals surface area contributed by atoms with Crippen LogP contribution in [0, 0.1) is 0 Å². The number of halogens is 4. The van der Waals surface area contributed by atoms with Crippen LogP contribution in [-0.4, -0.2) is 34.8 Å². The predicted molar refractivity (Wildman–Crippen MR) is 102 cm³/mol. The molecule has 2 N–H and O–H groups in total. The Bertz CT molecular complexity index is 801. The Morgan fingerprint density at radius 2 is 1.93 bits per heavy atom. The summed E-state index contributed by atoms with van der Waals surface area (Å²) < 4.78 is 39.4. The van der Waals surface area contributed by atoms with Gasteiger partial charge in [0.15, 0.2) is 0 Å². The average molecular weight is 434 g/mol. The molecule has 2 rings (SSSR count). The third-order valence-corrected chi connectivity index (χ3v) is 4.97. The van der Waals surface area contributed by atoms with E-state index in [9.17, 15) is 27.6 Å². The lowest BCUT2D eigenvalue weighted by atomic mass is 9.94. The van der Waals surface area contributed by atoms with Crippen molar-refractivity contribution < 1.29 is 27.6 Å². The number of urea groups is 1. The van der Waals surface area contributed by atoms with Crippen molar-refractivity contribution in [2.75, 3.05) is 11.9 Å². The van der Waals surface area contributed by atoms with Crippen LogP contribution in [0.15, 0.2) is 18.2 Å². The predicted octanol–water partition coefficient (Wildman–Crippen LogP) is 4.58. The van der Waals surface area contributed by atoms with Crippen molar-refractivity contribution in [1.82, 2.24) is 10.2 Å². The van der Waals surface area contributed by atoms with Gasteiger partial charge in [0.2, 0.25) is 5.91 Å². The van der Waals surface area contributed by atoms with E-state index in [1.807, 2.05) is 0 Å². The number of unbranched alkanes of at least 4 members (excludes halogenated alkanes) is 3. The lowest BCUT2D eigenvalue weighted by molar-refractivity contribution is -0.137. The molecule has 1 saturated heterocycles. The maximum Gasteiger partial charge on any atom is 0.418 e. The fourth-order valence-corrected chi connectivity index (χ4v) is 3.33. The number of hydrogen-bond donors (Lipinski definition) is 2. The molecule has 0 bridgehead atoms. The van der Waals surface area contributed by atoms with Crippen molar-refractivity contribution in [3.05, 3.63) is 28.8 Å². The Morgan fingerprint density at radius 3 is 2.55 bits per heavy atom. The topological polar surface area (TPSA) is 78.5 Å². The molecule has 160 valence electrons. The summed E-state index contributed by atoms with van der Waals surface area (Å²) in [4.78, 5) is 37.8. The zero-order valence-electron chi connectivity index (χ0n) is 16.2. The molecule has 0 aliphatic carbocycles. The molecule has 1 atom stereocenters. The van der Waals surface area contributed by atoms with Gasteiger partial charge in [0.25, 0.3) is 5.91 Å². The Morgan fingerprint density at radius 1 is 1.24 bits per heavy atom. The molecule has 1 aromatic rings. The first-order valence-corrected chi connectivity index (χ1v) is 9.66. The average Bonchev–Trinajstić information content (AvgIpc) is 2.83. The van der Waals surface area contributed by atoms with Gasteiger partial charge in [-0.15, -0.1) is 0 Å². The van der Waals surface area contributed by atoms with Crippen LogP contribution in [0.25, 0.3) is 0 Å². The number of alkyl halides is 3. The summed E-state index contributed by atoms with van der Waals surface area (Å²) in [7, 11) is 0. The monoisotopic (exact) mass is 433 g/mol. The second kappa shape index (κ2) is 9.02. The smallest absolute Gasteiger partial charge is 0.324 e. The maximum absolute atomic E-state index is 13.1. The van der Waals surface area contributed by atoms with Gasteiger partial charge in [-0.05, 0) is 31.5 Å². The molecule has 1 aromatic carbocycles. The van der Waals surface area contributed by atoms with Crippen molar-refractivity contribution in [1.29, 1.82) is 0 Å². The molecule has 6 nitrogen and oxygen atoms in total. The van der Waals surface area contributed by atoms with Gasteiger partial charge in [-0.1, -0.05) is 44.2 Å². The lowest BCUT2D eigenvalue weighted by Gasteiger charge is -2.21. The SMILES string of the molecule is CCCCCC[C@]1(C)NC(=O)N(CC(=O)Nc2ccc(Cl)cc2C(F)(F)F)C1=O. The Kier molecular flexibility index (Phi) is 7.15. The Hall–Kier alpha value is -2.29. The van der Waals surface area contributed by atoms with Gasteiger partial charge in [0.1, 0.15) is 12.1 Å². The van der Waals surface area contributed by atoms with Gasteiger partial charge < -0.3 is 10.6 Å². The fourth-order valence-electron chi connectivity index (χ4n) is 3.16. The van der Waals surface area contributed by atoms with Gasteiger partial charge in [-0.2, -0.15) is 13.2 Å². The zero-order valence-corrected chi connectivity index (χ0v) is 16.9. The molecular formula is C19H23ClF3N3O3. The number of amides is 4. The standard InChI is InChI=1S/C19H23ClF3N3O3/c1-3-4-5-6-9-18(2)16(28)26(17(29)25-18)11-15(27)24-14-8-7-12(20)10-13(14)19(21,22)23/h7-8,10H,3-6,9,11H2,1-2H3,(H,24,27)(H,25,29)/t18-/m0/s1. The van der Waals surface area contributed by atoms with Crippen molar-refractivity contribution in [2.45, 2.75) is 57.7 Å². The number of nitrogens with one attached hydrogen (secondary N) is 2. The molecule has 1 aliphatic rings. The molecule has 0 spiro atoms. The van der Waals surface area contributed by atoms with E-state index in [1.165, 1.54) is 6.07 Å². The van der Waals surface area contributed by atoms with Crippen molar-refractivity contribution in [2.24, 2.45) is 0 Å². The highest BCUT2D eigenvalue weighted by Gasteiger charge is 2.47. The minimum absolute atomic E-state index is 0.136. The molecule has 1 aliphatic heterocycles. The normalized spacial score (nSPS) is 19.4. The quantitative estimate of drug-likeness (QED) is 0.465. The largest absolute Gasteiger partial charge is 0.418 e. The number of carbonyl (C=O) groups is 3. The summed E-state index contributed by atoms with van der Waals surface area (Å²) in [6.45, 7) is 2.95. The van der Waals surface area contributed by atoms with Crippen molar-refractivity contribution in [3.8, 4) is 0 Å². The third-order valence-electron chi connectivity index (χ3n) is 4.74. The van der Waals surface area contributed by atoms with Crippen LogP contribution in [-0.2, 0) is 15.8 Å². The molecule has 10 heteroatoms. The van der Waals surface area contributed by atoms with E-state index in [0.29, 0.717) is 12.5 Å². The Labute approximate surface area is 171 Å². The third kappa shape index (κ3) is 5.62. The highest BCUT2D eigenvalue weighted by atomic mass is 35.5. The number of hydrogen-bond acceptors (Lipinski definition) is 3. The Balaban J connectivity index is 2.06. The van der Waals surface area contributed by atoms with Crippen LogP contribution < -0.4 is 10.6 Å². The van der Waals surface area contributed by atoms with E-state index < -0.39 is 47.4 Å². The first kappa shape index (κ1) is 23.0. The minimum atomic E-state index is -4.73. The zero-order chi connectivity index (χ0) is 21.8. The highest BCUT2D eigenvalue weighted by molar-refractivity contribution is 6.30. The molecule has 0 saturated carbocycles. The summed E-state index contributed by atoms with van der Waals surface area (Å²) in [5.41, 5.74) is -2.74. The molecule has 1 heterocycles. The maximum atomic E-state index is 13.1. The molecular weight excluding hydrogens is 411 g/mol. The first-order valence-electron chi connectivity index (χ1n) is 9.28. The van der Waals surface area contributed by atoms with E-state index in [4.69, 9.17) is 11.6 Å². The summed E-state index contributed by atoms with van der Waals surface area (Å²) in [6, 6.07) is 2.17. The second-order valence-electron chi connectivity index (χ2n) is 7.20. The first-order chi connectivity index (χ1) is 13.5. The van der Waals surface area contributed by atoms with E-state index in [-0.39, 0.29) is 5.02 Å².